The van der Waals surface area contributed by atoms with E-state index in [1.54, 1.807) is 10.4 Å². The third-order valence-corrected chi connectivity index (χ3v) is 7.23. The molecule has 0 saturated carbocycles. The molecule has 6 heteroatoms. The molecular weight excluding hydrogens is 280 g/mol. The Kier molecular flexibility index (Phi) is 4.66. The van der Waals surface area contributed by atoms with Crippen molar-refractivity contribution in [3.05, 3.63) is 17.0 Å². The molecule has 4 nitrogen and oxygen atoms in total. The molecule has 1 fully saturated rings. The Labute approximate surface area is 119 Å². The Morgan fingerprint density at radius 3 is 2.79 bits per heavy atom. The van der Waals surface area contributed by atoms with E-state index in [4.69, 9.17) is 0 Å². The van der Waals surface area contributed by atoms with E-state index in [1.807, 2.05) is 12.4 Å². The molecule has 0 aliphatic carbocycles. The van der Waals surface area contributed by atoms with Crippen LogP contribution in [0.15, 0.2) is 15.7 Å². The number of hydrogen-bond acceptors (Lipinski definition) is 4. The highest BCUT2D eigenvalue weighted by atomic mass is 32.2. The summed E-state index contributed by atoms with van der Waals surface area (Å²) in [5.74, 6) is 1.04. The number of rotatable bonds is 4. The van der Waals surface area contributed by atoms with Crippen LogP contribution < -0.4 is 5.32 Å². The maximum absolute atomic E-state index is 12.6. The molecule has 0 amide bonds. The van der Waals surface area contributed by atoms with Crippen LogP contribution in [0.2, 0.25) is 0 Å². The second kappa shape index (κ2) is 5.91. The van der Waals surface area contributed by atoms with Gasteiger partial charge in [0.25, 0.3) is 10.0 Å². The summed E-state index contributed by atoms with van der Waals surface area (Å²) >= 11 is 1.32. The molecule has 2 rings (SSSR count). The van der Waals surface area contributed by atoms with Gasteiger partial charge < -0.3 is 5.32 Å². The van der Waals surface area contributed by atoms with Gasteiger partial charge in [0.1, 0.15) is 4.21 Å². The highest BCUT2D eigenvalue weighted by Crippen LogP contribution is 2.30. The fourth-order valence-corrected chi connectivity index (χ4v) is 5.27. The lowest BCUT2D eigenvalue weighted by Crippen LogP contribution is -2.41. The van der Waals surface area contributed by atoms with Gasteiger partial charge in [-0.2, -0.15) is 4.31 Å². The number of sulfonamides is 1. The molecule has 0 aromatic carbocycles. The average molecular weight is 302 g/mol. The van der Waals surface area contributed by atoms with Gasteiger partial charge >= 0.3 is 0 Å². The first kappa shape index (κ1) is 15.0. The lowest BCUT2D eigenvalue weighted by atomic mass is 9.90. The zero-order valence-electron chi connectivity index (χ0n) is 11.7. The fourth-order valence-electron chi connectivity index (χ4n) is 2.36. The largest absolute Gasteiger partial charge is 0.316 e. The van der Waals surface area contributed by atoms with Crippen LogP contribution in [0.4, 0.5) is 0 Å². The summed E-state index contributed by atoms with van der Waals surface area (Å²) in [5, 5.41) is 4.96. The Bertz CT molecular complexity index is 525. The third kappa shape index (κ3) is 3.18. The van der Waals surface area contributed by atoms with Crippen LogP contribution in [-0.2, 0) is 16.6 Å². The zero-order valence-corrected chi connectivity index (χ0v) is 13.4. The van der Waals surface area contributed by atoms with Gasteiger partial charge in [0.2, 0.25) is 0 Å². The monoisotopic (exact) mass is 302 g/mol. The Morgan fingerprint density at radius 2 is 2.16 bits per heavy atom. The number of piperidine rings is 1. The SMILES string of the molecule is CNCc1csc(S(=O)(=O)N2CCC(C)C(C)C2)c1. The van der Waals surface area contributed by atoms with E-state index < -0.39 is 10.0 Å². The van der Waals surface area contributed by atoms with Gasteiger partial charge in [0.15, 0.2) is 0 Å². The van der Waals surface area contributed by atoms with Crippen LogP contribution in [0.1, 0.15) is 25.8 Å². The normalized spacial score (nSPS) is 25.6. The molecule has 108 valence electrons. The first-order valence-corrected chi connectivity index (χ1v) is 8.99. The highest BCUT2D eigenvalue weighted by Gasteiger charge is 2.32. The molecule has 1 aliphatic rings. The molecule has 0 radical (unpaired) electrons. The van der Waals surface area contributed by atoms with E-state index in [9.17, 15) is 8.42 Å². The van der Waals surface area contributed by atoms with Gasteiger partial charge in [-0.05, 0) is 42.3 Å². The molecule has 0 bridgehead atoms. The van der Waals surface area contributed by atoms with Gasteiger partial charge in [-0.1, -0.05) is 13.8 Å². The number of hydrogen-bond donors (Lipinski definition) is 1. The van der Waals surface area contributed by atoms with Crippen molar-refractivity contribution in [2.24, 2.45) is 11.8 Å². The van der Waals surface area contributed by atoms with Gasteiger partial charge in [-0.15, -0.1) is 11.3 Å². The van der Waals surface area contributed by atoms with Crippen LogP contribution in [0.5, 0.6) is 0 Å². The summed E-state index contributed by atoms with van der Waals surface area (Å²) in [7, 11) is -1.43. The zero-order chi connectivity index (χ0) is 14.0. The van der Waals surface area contributed by atoms with Gasteiger partial charge in [0, 0.05) is 19.6 Å². The van der Waals surface area contributed by atoms with E-state index in [2.05, 4.69) is 19.2 Å². The van der Waals surface area contributed by atoms with Crippen LogP contribution in [-0.4, -0.2) is 32.9 Å². The number of nitrogens with zero attached hydrogens (tertiary/aromatic N) is 1. The van der Waals surface area contributed by atoms with Crippen LogP contribution in [0.25, 0.3) is 0 Å². The molecule has 0 spiro atoms. The summed E-state index contributed by atoms with van der Waals surface area (Å²) in [6, 6.07) is 1.79. The van der Waals surface area contributed by atoms with Gasteiger partial charge in [-0.25, -0.2) is 8.42 Å². The maximum atomic E-state index is 12.6. The summed E-state index contributed by atoms with van der Waals surface area (Å²) in [6.07, 6.45) is 0.954. The molecule has 2 atom stereocenters. The lowest BCUT2D eigenvalue weighted by Gasteiger charge is -2.34. The van der Waals surface area contributed by atoms with Crippen molar-refractivity contribution in [2.45, 2.75) is 31.0 Å². The minimum Gasteiger partial charge on any atom is -0.316 e. The van der Waals surface area contributed by atoms with E-state index in [-0.39, 0.29) is 0 Å². The number of nitrogens with one attached hydrogen (secondary N) is 1. The molecule has 1 aromatic heterocycles. The molecule has 2 heterocycles. The second-order valence-electron chi connectivity index (χ2n) is 5.41. The van der Waals surface area contributed by atoms with Gasteiger partial charge in [0.05, 0.1) is 0 Å². The van der Waals surface area contributed by atoms with Crippen molar-refractivity contribution in [2.75, 3.05) is 20.1 Å². The predicted molar refractivity (Wildman–Crippen MR) is 78.8 cm³/mol. The van der Waals surface area contributed by atoms with E-state index in [0.717, 1.165) is 12.0 Å². The topological polar surface area (TPSA) is 49.4 Å². The number of thiophene rings is 1. The molecular formula is C13H22N2O2S2. The second-order valence-corrected chi connectivity index (χ2v) is 8.49. The molecule has 1 aromatic rings. The fraction of sp³-hybridized carbons (Fsp3) is 0.692. The van der Waals surface area contributed by atoms with Crippen molar-refractivity contribution in [3.63, 3.8) is 0 Å². The Morgan fingerprint density at radius 1 is 1.42 bits per heavy atom. The smallest absolute Gasteiger partial charge is 0.252 e. The lowest BCUT2D eigenvalue weighted by molar-refractivity contribution is 0.213. The maximum Gasteiger partial charge on any atom is 0.252 e. The highest BCUT2D eigenvalue weighted by molar-refractivity contribution is 7.91. The quantitative estimate of drug-likeness (QED) is 0.927. The summed E-state index contributed by atoms with van der Waals surface area (Å²) in [5.41, 5.74) is 1.03. The minimum absolute atomic E-state index is 0.431. The Hall–Kier alpha value is -0.430. The molecule has 1 saturated heterocycles. The molecule has 2 unspecified atom stereocenters. The Balaban J connectivity index is 2.17. The van der Waals surface area contributed by atoms with Crippen LogP contribution in [0.3, 0.4) is 0 Å². The standard InChI is InChI=1S/C13H22N2O2S2/c1-10-4-5-15(8-11(10)2)19(16,17)13-6-12(7-14-3)9-18-13/h6,9-11,14H,4-5,7-8H2,1-3H3. The van der Waals surface area contributed by atoms with Crippen molar-refractivity contribution < 1.29 is 8.42 Å². The van der Waals surface area contributed by atoms with Crippen molar-refractivity contribution in [3.8, 4) is 0 Å². The van der Waals surface area contributed by atoms with E-state index >= 15 is 0 Å². The minimum atomic E-state index is -3.29. The van der Waals surface area contributed by atoms with Crippen LogP contribution in [0, 0.1) is 11.8 Å². The predicted octanol–water partition coefficient (Wildman–Crippen LogP) is 2.13. The van der Waals surface area contributed by atoms with Gasteiger partial charge in [-0.3, -0.25) is 0 Å². The summed E-state index contributed by atoms with van der Waals surface area (Å²) in [6.45, 7) is 6.33. The van der Waals surface area contributed by atoms with E-state index in [1.165, 1.54) is 11.3 Å². The van der Waals surface area contributed by atoms with Crippen molar-refractivity contribution in [1.82, 2.24) is 9.62 Å². The van der Waals surface area contributed by atoms with Crippen molar-refractivity contribution in [1.29, 1.82) is 0 Å². The van der Waals surface area contributed by atoms with Crippen LogP contribution >= 0.6 is 11.3 Å². The van der Waals surface area contributed by atoms with E-state index in [0.29, 0.717) is 35.7 Å². The van der Waals surface area contributed by atoms with Crippen molar-refractivity contribution >= 4 is 21.4 Å². The average Bonchev–Trinajstić information content (AvgIpc) is 2.82. The molecule has 1 N–H and O–H groups in total. The summed E-state index contributed by atoms with van der Waals surface area (Å²) in [4.78, 5) is 0. The molecule has 19 heavy (non-hydrogen) atoms. The first-order valence-electron chi connectivity index (χ1n) is 6.67. The first-order chi connectivity index (χ1) is 8.95. The summed E-state index contributed by atoms with van der Waals surface area (Å²) < 4.78 is 27.3. The molecule has 1 aliphatic heterocycles. The third-order valence-electron chi connectivity index (χ3n) is 3.90.